The average Bonchev–Trinajstić information content (AvgIpc) is 2.30. The minimum absolute atomic E-state index is 0.0584. The highest BCUT2D eigenvalue weighted by Crippen LogP contribution is 2.21. The van der Waals surface area contributed by atoms with Crippen molar-refractivity contribution in [3.05, 3.63) is 29.3 Å². The zero-order valence-corrected chi connectivity index (χ0v) is 11.7. The van der Waals surface area contributed by atoms with Crippen LogP contribution in [0, 0.1) is 6.92 Å². The van der Waals surface area contributed by atoms with Gasteiger partial charge in [0.1, 0.15) is 0 Å². The predicted octanol–water partition coefficient (Wildman–Crippen LogP) is 1.08. The highest BCUT2D eigenvalue weighted by molar-refractivity contribution is 7.91. The molecular weight excluding hydrogens is 264 g/mol. The second-order valence-corrected chi connectivity index (χ2v) is 7.22. The summed E-state index contributed by atoms with van der Waals surface area (Å²) in [5, 5.41) is 3.24. The number of carbonyl (C=O) groups is 1. The third-order valence-electron chi connectivity index (χ3n) is 3.33. The SMILES string of the molecule is Cc1cc(C(N)=O)ccc1NC1CCCS(=O)(=O)C1. The Bertz CT molecular complexity index is 596. The fourth-order valence-corrected chi connectivity index (χ4v) is 3.97. The molecule has 1 saturated heterocycles. The van der Waals surface area contributed by atoms with E-state index in [1.807, 2.05) is 6.92 Å². The second kappa shape index (κ2) is 5.21. The maximum Gasteiger partial charge on any atom is 0.248 e. The van der Waals surface area contributed by atoms with Crippen LogP contribution in [0.2, 0.25) is 0 Å². The highest BCUT2D eigenvalue weighted by atomic mass is 32.2. The van der Waals surface area contributed by atoms with Crippen molar-refractivity contribution < 1.29 is 13.2 Å². The van der Waals surface area contributed by atoms with Gasteiger partial charge in [-0.15, -0.1) is 0 Å². The first-order chi connectivity index (χ1) is 8.87. The van der Waals surface area contributed by atoms with E-state index >= 15 is 0 Å². The van der Waals surface area contributed by atoms with Gasteiger partial charge in [0.25, 0.3) is 0 Å². The monoisotopic (exact) mass is 282 g/mol. The van der Waals surface area contributed by atoms with Crippen molar-refractivity contribution in [2.75, 3.05) is 16.8 Å². The van der Waals surface area contributed by atoms with Gasteiger partial charge in [-0.25, -0.2) is 8.42 Å². The van der Waals surface area contributed by atoms with E-state index in [9.17, 15) is 13.2 Å². The van der Waals surface area contributed by atoms with Gasteiger partial charge >= 0.3 is 0 Å². The van der Waals surface area contributed by atoms with E-state index in [1.54, 1.807) is 18.2 Å². The number of amides is 1. The molecule has 0 bridgehead atoms. The molecule has 0 spiro atoms. The fraction of sp³-hybridized carbons (Fsp3) is 0.462. The average molecular weight is 282 g/mol. The summed E-state index contributed by atoms with van der Waals surface area (Å²) >= 11 is 0. The van der Waals surface area contributed by atoms with Crippen molar-refractivity contribution in [3.8, 4) is 0 Å². The van der Waals surface area contributed by atoms with Crippen LogP contribution in [0.5, 0.6) is 0 Å². The van der Waals surface area contributed by atoms with Gasteiger partial charge in [0.05, 0.1) is 11.5 Å². The molecule has 0 aliphatic carbocycles. The molecule has 19 heavy (non-hydrogen) atoms. The number of primary amides is 1. The number of nitrogens with two attached hydrogens (primary N) is 1. The standard InChI is InChI=1S/C13H18N2O3S/c1-9-7-10(13(14)16)4-5-12(9)15-11-3-2-6-19(17,18)8-11/h4-5,7,11,15H,2-3,6,8H2,1H3,(H2,14,16). The molecule has 1 aliphatic heterocycles. The van der Waals surface area contributed by atoms with Crippen molar-refractivity contribution in [3.63, 3.8) is 0 Å². The topological polar surface area (TPSA) is 89.3 Å². The summed E-state index contributed by atoms with van der Waals surface area (Å²) in [6.45, 7) is 1.87. The Morgan fingerprint density at radius 3 is 2.74 bits per heavy atom. The van der Waals surface area contributed by atoms with E-state index in [0.717, 1.165) is 17.7 Å². The third-order valence-corrected chi connectivity index (χ3v) is 5.15. The Morgan fingerprint density at radius 2 is 2.16 bits per heavy atom. The number of anilines is 1. The predicted molar refractivity (Wildman–Crippen MR) is 75.0 cm³/mol. The summed E-state index contributed by atoms with van der Waals surface area (Å²) < 4.78 is 23.2. The van der Waals surface area contributed by atoms with E-state index in [4.69, 9.17) is 5.73 Å². The number of hydrogen-bond acceptors (Lipinski definition) is 4. The lowest BCUT2D eigenvalue weighted by molar-refractivity contribution is 0.1000. The maximum atomic E-state index is 11.6. The van der Waals surface area contributed by atoms with Crippen LogP contribution in [0.15, 0.2) is 18.2 Å². The van der Waals surface area contributed by atoms with Crippen molar-refractivity contribution in [2.45, 2.75) is 25.8 Å². The van der Waals surface area contributed by atoms with Gasteiger partial charge in [-0.05, 0) is 43.5 Å². The molecule has 1 atom stereocenters. The Hall–Kier alpha value is -1.56. The molecule has 1 fully saturated rings. The van der Waals surface area contributed by atoms with Crippen LogP contribution in [0.3, 0.4) is 0 Å². The number of aryl methyl sites for hydroxylation is 1. The molecule has 1 aromatic carbocycles. The Balaban J connectivity index is 2.13. The number of rotatable bonds is 3. The van der Waals surface area contributed by atoms with Crippen LogP contribution in [0.25, 0.3) is 0 Å². The second-order valence-electron chi connectivity index (χ2n) is 4.99. The summed E-state index contributed by atoms with van der Waals surface area (Å²) in [6, 6.07) is 5.07. The molecule has 0 saturated carbocycles. The molecule has 1 aromatic rings. The summed E-state index contributed by atoms with van der Waals surface area (Å²) in [6.07, 6.45) is 1.54. The minimum Gasteiger partial charge on any atom is -0.381 e. The molecule has 1 amide bonds. The Kier molecular flexibility index (Phi) is 3.80. The van der Waals surface area contributed by atoms with Gasteiger partial charge < -0.3 is 11.1 Å². The summed E-state index contributed by atoms with van der Waals surface area (Å²) in [5.74, 6) is -0.00990. The fourth-order valence-electron chi connectivity index (χ4n) is 2.34. The molecule has 1 aliphatic rings. The van der Waals surface area contributed by atoms with E-state index in [1.165, 1.54) is 0 Å². The number of benzene rings is 1. The largest absolute Gasteiger partial charge is 0.381 e. The van der Waals surface area contributed by atoms with E-state index in [2.05, 4.69) is 5.32 Å². The third kappa shape index (κ3) is 3.47. The molecule has 1 heterocycles. The van der Waals surface area contributed by atoms with E-state index < -0.39 is 15.7 Å². The Morgan fingerprint density at radius 1 is 1.42 bits per heavy atom. The normalized spacial score (nSPS) is 21.8. The summed E-state index contributed by atoms with van der Waals surface area (Å²) in [7, 11) is -2.92. The van der Waals surface area contributed by atoms with Crippen molar-refractivity contribution >= 4 is 21.4 Å². The first-order valence-electron chi connectivity index (χ1n) is 6.25. The molecule has 0 aromatic heterocycles. The smallest absolute Gasteiger partial charge is 0.248 e. The van der Waals surface area contributed by atoms with Crippen molar-refractivity contribution in [1.29, 1.82) is 0 Å². The molecule has 3 N–H and O–H groups in total. The first-order valence-corrected chi connectivity index (χ1v) is 8.07. The van der Waals surface area contributed by atoms with Gasteiger partial charge in [-0.3, -0.25) is 4.79 Å². The number of sulfone groups is 1. The lowest BCUT2D eigenvalue weighted by Gasteiger charge is -2.25. The molecule has 104 valence electrons. The number of hydrogen-bond donors (Lipinski definition) is 2. The van der Waals surface area contributed by atoms with E-state index in [-0.39, 0.29) is 17.5 Å². The molecule has 2 rings (SSSR count). The van der Waals surface area contributed by atoms with Crippen LogP contribution >= 0.6 is 0 Å². The van der Waals surface area contributed by atoms with Gasteiger partial charge in [0.15, 0.2) is 9.84 Å². The van der Waals surface area contributed by atoms with Crippen LogP contribution < -0.4 is 11.1 Å². The number of carbonyl (C=O) groups excluding carboxylic acids is 1. The van der Waals surface area contributed by atoms with Crippen LogP contribution in [-0.4, -0.2) is 31.9 Å². The maximum absolute atomic E-state index is 11.6. The molecule has 1 unspecified atom stereocenters. The minimum atomic E-state index is -2.92. The molecule has 5 nitrogen and oxygen atoms in total. The van der Waals surface area contributed by atoms with Crippen molar-refractivity contribution in [1.82, 2.24) is 0 Å². The lowest BCUT2D eigenvalue weighted by Crippen LogP contribution is -2.35. The zero-order valence-electron chi connectivity index (χ0n) is 10.8. The first kappa shape index (κ1) is 13.9. The van der Waals surface area contributed by atoms with Gasteiger partial charge in [-0.1, -0.05) is 0 Å². The van der Waals surface area contributed by atoms with Crippen molar-refractivity contribution in [2.24, 2.45) is 5.73 Å². The van der Waals surface area contributed by atoms with Gasteiger partial charge in [0, 0.05) is 17.3 Å². The quantitative estimate of drug-likeness (QED) is 0.868. The van der Waals surface area contributed by atoms with Crippen LogP contribution in [-0.2, 0) is 9.84 Å². The van der Waals surface area contributed by atoms with Gasteiger partial charge in [0.2, 0.25) is 5.91 Å². The zero-order chi connectivity index (χ0) is 14.0. The summed E-state index contributed by atoms with van der Waals surface area (Å²) in [4.78, 5) is 11.1. The molecule has 6 heteroatoms. The Labute approximate surface area is 113 Å². The molecular formula is C13H18N2O3S. The van der Waals surface area contributed by atoms with E-state index in [0.29, 0.717) is 12.0 Å². The van der Waals surface area contributed by atoms with Gasteiger partial charge in [-0.2, -0.15) is 0 Å². The highest BCUT2D eigenvalue weighted by Gasteiger charge is 2.24. The van der Waals surface area contributed by atoms with Crippen LogP contribution in [0.1, 0.15) is 28.8 Å². The lowest BCUT2D eigenvalue weighted by atomic mass is 10.1. The summed E-state index contributed by atoms with van der Waals surface area (Å²) in [5.41, 5.74) is 7.41. The number of nitrogens with one attached hydrogen (secondary N) is 1. The van der Waals surface area contributed by atoms with Crippen LogP contribution in [0.4, 0.5) is 5.69 Å². The molecule has 0 radical (unpaired) electrons.